The van der Waals surface area contributed by atoms with Crippen LogP contribution in [0.3, 0.4) is 0 Å². The second kappa shape index (κ2) is 8.17. The highest BCUT2D eigenvalue weighted by atomic mass is 16.1. The highest BCUT2D eigenvalue weighted by molar-refractivity contribution is 5.94. The highest BCUT2D eigenvalue weighted by Crippen LogP contribution is 2.09. The molecule has 4 nitrogen and oxygen atoms in total. The van der Waals surface area contributed by atoms with Gasteiger partial charge in [0.2, 0.25) is 0 Å². The summed E-state index contributed by atoms with van der Waals surface area (Å²) in [6, 6.07) is 12.3. The van der Waals surface area contributed by atoms with E-state index in [1.54, 1.807) is 12.4 Å². The molecule has 4 heteroatoms. The fourth-order valence-electron chi connectivity index (χ4n) is 2.07. The van der Waals surface area contributed by atoms with Crippen LogP contribution >= 0.6 is 0 Å². The zero-order valence-electron chi connectivity index (χ0n) is 13.2. The molecule has 2 rings (SSSR count). The molecule has 0 spiro atoms. The first-order valence-corrected chi connectivity index (χ1v) is 7.72. The third-order valence-electron chi connectivity index (χ3n) is 3.58. The Morgan fingerprint density at radius 1 is 1.23 bits per heavy atom. The van der Waals surface area contributed by atoms with E-state index >= 15 is 0 Å². The second-order valence-corrected chi connectivity index (χ2v) is 5.41. The number of hydrogen-bond donors (Lipinski definition) is 2. The minimum absolute atomic E-state index is 0.0754. The van der Waals surface area contributed by atoms with Crippen molar-refractivity contribution in [3.63, 3.8) is 0 Å². The SMILES string of the molecule is CCC(C)NC(=O)c1cncc(NCCc2ccccc2)c1. The molecule has 22 heavy (non-hydrogen) atoms. The molecule has 1 aromatic heterocycles. The summed E-state index contributed by atoms with van der Waals surface area (Å²) in [5.74, 6) is -0.0754. The Morgan fingerprint density at radius 2 is 2.00 bits per heavy atom. The fraction of sp³-hybridized carbons (Fsp3) is 0.333. The summed E-state index contributed by atoms with van der Waals surface area (Å²) in [6.45, 7) is 4.85. The van der Waals surface area contributed by atoms with Gasteiger partial charge in [-0.25, -0.2) is 0 Å². The van der Waals surface area contributed by atoms with Crippen molar-refractivity contribution in [3.05, 3.63) is 59.9 Å². The number of carbonyl (C=O) groups is 1. The molecule has 0 radical (unpaired) electrons. The highest BCUT2D eigenvalue weighted by Gasteiger charge is 2.09. The molecule has 1 aromatic carbocycles. The van der Waals surface area contributed by atoms with Gasteiger partial charge in [-0.3, -0.25) is 9.78 Å². The Hall–Kier alpha value is -2.36. The number of hydrogen-bond acceptors (Lipinski definition) is 3. The summed E-state index contributed by atoms with van der Waals surface area (Å²) in [7, 11) is 0. The van der Waals surface area contributed by atoms with E-state index in [9.17, 15) is 4.79 Å². The Morgan fingerprint density at radius 3 is 2.73 bits per heavy atom. The number of rotatable bonds is 7. The normalized spacial score (nSPS) is 11.7. The lowest BCUT2D eigenvalue weighted by molar-refractivity contribution is 0.0939. The van der Waals surface area contributed by atoms with E-state index in [-0.39, 0.29) is 11.9 Å². The average Bonchev–Trinajstić information content (AvgIpc) is 2.56. The third-order valence-corrected chi connectivity index (χ3v) is 3.58. The van der Waals surface area contributed by atoms with Crippen LogP contribution in [0.2, 0.25) is 0 Å². The van der Waals surface area contributed by atoms with Crippen molar-refractivity contribution >= 4 is 11.6 Å². The molecule has 0 aliphatic heterocycles. The monoisotopic (exact) mass is 297 g/mol. The summed E-state index contributed by atoms with van der Waals surface area (Å²) >= 11 is 0. The quantitative estimate of drug-likeness (QED) is 0.824. The summed E-state index contributed by atoms with van der Waals surface area (Å²) in [5, 5.41) is 6.26. The van der Waals surface area contributed by atoms with Crippen LogP contribution < -0.4 is 10.6 Å². The average molecular weight is 297 g/mol. The van der Waals surface area contributed by atoms with E-state index in [1.807, 2.05) is 38.1 Å². The van der Waals surface area contributed by atoms with Crippen molar-refractivity contribution in [3.8, 4) is 0 Å². The molecule has 0 saturated heterocycles. The molecule has 1 atom stereocenters. The van der Waals surface area contributed by atoms with Crippen LogP contribution in [0.1, 0.15) is 36.2 Å². The van der Waals surface area contributed by atoms with Crippen molar-refractivity contribution in [2.75, 3.05) is 11.9 Å². The summed E-state index contributed by atoms with van der Waals surface area (Å²) in [4.78, 5) is 16.2. The van der Waals surface area contributed by atoms with Crippen molar-refractivity contribution in [1.29, 1.82) is 0 Å². The number of aromatic nitrogens is 1. The zero-order valence-corrected chi connectivity index (χ0v) is 13.2. The summed E-state index contributed by atoms with van der Waals surface area (Å²) in [5.41, 5.74) is 2.74. The van der Waals surface area contributed by atoms with Gasteiger partial charge < -0.3 is 10.6 Å². The first kappa shape index (κ1) is 16.0. The van der Waals surface area contributed by atoms with Crippen LogP contribution in [0.25, 0.3) is 0 Å². The molecule has 2 N–H and O–H groups in total. The number of nitrogens with zero attached hydrogens (tertiary/aromatic N) is 1. The Kier molecular flexibility index (Phi) is 5.95. The van der Waals surface area contributed by atoms with Crippen molar-refractivity contribution in [1.82, 2.24) is 10.3 Å². The van der Waals surface area contributed by atoms with Gasteiger partial charge in [0.1, 0.15) is 0 Å². The predicted octanol–water partition coefficient (Wildman–Crippen LogP) is 3.26. The van der Waals surface area contributed by atoms with Crippen molar-refractivity contribution < 1.29 is 4.79 Å². The van der Waals surface area contributed by atoms with Gasteiger partial charge in [0.25, 0.3) is 5.91 Å². The van der Waals surface area contributed by atoms with E-state index < -0.39 is 0 Å². The van der Waals surface area contributed by atoms with E-state index in [1.165, 1.54) is 5.56 Å². The van der Waals surface area contributed by atoms with Crippen LogP contribution in [0.5, 0.6) is 0 Å². The molecule has 1 unspecified atom stereocenters. The number of amides is 1. The minimum Gasteiger partial charge on any atom is -0.383 e. The van der Waals surface area contributed by atoms with E-state index in [2.05, 4.69) is 27.8 Å². The topological polar surface area (TPSA) is 54.0 Å². The van der Waals surface area contributed by atoms with E-state index in [0.717, 1.165) is 25.1 Å². The Bertz CT molecular complexity index is 598. The molecular weight excluding hydrogens is 274 g/mol. The van der Waals surface area contributed by atoms with Gasteiger partial charge in [-0.05, 0) is 31.4 Å². The van der Waals surface area contributed by atoms with Gasteiger partial charge in [0, 0.05) is 25.0 Å². The Labute approximate surface area is 132 Å². The lowest BCUT2D eigenvalue weighted by atomic mass is 10.1. The van der Waals surface area contributed by atoms with E-state index in [4.69, 9.17) is 0 Å². The fourth-order valence-corrected chi connectivity index (χ4v) is 2.07. The minimum atomic E-state index is -0.0754. The predicted molar refractivity (Wildman–Crippen MR) is 90.1 cm³/mol. The van der Waals surface area contributed by atoms with E-state index in [0.29, 0.717) is 5.56 Å². The maximum absolute atomic E-state index is 12.1. The van der Waals surface area contributed by atoms with Crippen LogP contribution in [0, 0.1) is 0 Å². The molecule has 2 aromatic rings. The second-order valence-electron chi connectivity index (χ2n) is 5.41. The zero-order chi connectivity index (χ0) is 15.8. The van der Waals surface area contributed by atoms with Gasteiger partial charge in [-0.15, -0.1) is 0 Å². The molecule has 0 bridgehead atoms. The van der Waals surface area contributed by atoms with Crippen molar-refractivity contribution in [2.24, 2.45) is 0 Å². The van der Waals surface area contributed by atoms with Gasteiger partial charge in [-0.1, -0.05) is 37.3 Å². The first-order chi connectivity index (χ1) is 10.7. The number of carbonyl (C=O) groups excluding carboxylic acids is 1. The Balaban J connectivity index is 1.89. The van der Waals surface area contributed by atoms with Gasteiger partial charge in [0.15, 0.2) is 0 Å². The lowest BCUT2D eigenvalue weighted by Gasteiger charge is -2.12. The van der Waals surface area contributed by atoms with Gasteiger partial charge in [0.05, 0.1) is 11.3 Å². The largest absolute Gasteiger partial charge is 0.383 e. The maximum atomic E-state index is 12.1. The van der Waals surface area contributed by atoms with Crippen molar-refractivity contribution in [2.45, 2.75) is 32.7 Å². The molecule has 0 fully saturated rings. The maximum Gasteiger partial charge on any atom is 0.253 e. The number of anilines is 1. The van der Waals surface area contributed by atoms with Crippen LogP contribution in [-0.4, -0.2) is 23.5 Å². The first-order valence-electron chi connectivity index (χ1n) is 7.72. The van der Waals surface area contributed by atoms with Crippen LogP contribution in [0.15, 0.2) is 48.8 Å². The molecule has 116 valence electrons. The van der Waals surface area contributed by atoms with Crippen LogP contribution in [0.4, 0.5) is 5.69 Å². The van der Waals surface area contributed by atoms with Gasteiger partial charge in [-0.2, -0.15) is 0 Å². The van der Waals surface area contributed by atoms with Crippen LogP contribution in [-0.2, 0) is 6.42 Å². The molecular formula is C18H23N3O. The summed E-state index contributed by atoms with van der Waals surface area (Å²) < 4.78 is 0. The smallest absolute Gasteiger partial charge is 0.253 e. The lowest BCUT2D eigenvalue weighted by Crippen LogP contribution is -2.32. The standard InChI is InChI=1S/C18H23N3O/c1-3-14(2)21-18(22)16-11-17(13-19-12-16)20-10-9-15-7-5-4-6-8-15/h4-8,11-14,20H,3,9-10H2,1-2H3,(H,21,22). The third kappa shape index (κ3) is 4.88. The number of pyridine rings is 1. The number of benzene rings is 1. The summed E-state index contributed by atoms with van der Waals surface area (Å²) in [6.07, 6.45) is 5.18. The molecule has 1 heterocycles. The molecule has 0 saturated carbocycles. The number of nitrogens with one attached hydrogen (secondary N) is 2. The van der Waals surface area contributed by atoms with Gasteiger partial charge >= 0.3 is 0 Å². The molecule has 0 aliphatic carbocycles. The molecule has 0 aliphatic rings. The molecule has 1 amide bonds.